The zero-order valence-electron chi connectivity index (χ0n) is 22.7. The maximum atomic E-state index is 12.1. The third-order valence-electron chi connectivity index (χ3n) is 6.42. The molecule has 1 saturated heterocycles. The molecule has 12 nitrogen and oxygen atoms in total. The van der Waals surface area contributed by atoms with E-state index in [2.05, 4.69) is 25.6 Å². The number of carbonyl (C=O) groups is 1. The molecular formula is C25H45ClN8O4. The summed E-state index contributed by atoms with van der Waals surface area (Å²) in [7, 11) is 1.70. The van der Waals surface area contributed by atoms with Crippen molar-refractivity contribution in [2.45, 2.75) is 77.1 Å². The van der Waals surface area contributed by atoms with Crippen LogP contribution in [0.1, 0.15) is 75.2 Å². The number of ether oxygens (including phenoxy) is 3. The number of anilines is 2. The molecule has 0 aromatic carbocycles. The number of methoxy groups -OCH3 is 1. The van der Waals surface area contributed by atoms with Crippen LogP contribution in [0.15, 0.2) is 4.99 Å². The van der Waals surface area contributed by atoms with Crippen molar-refractivity contribution in [3.8, 4) is 0 Å². The van der Waals surface area contributed by atoms with E-state index in [0.29, 0.717) is 12.6 Å². The first-order valence-electron chi connectivity index (χ1n) is 13.5. The molecule has 1 aliphatic heterocycles. The van der Waals surface area contributed by atoms with Gasteiger partial charge in [-0.3, -0.25) is 15.1 Å². The van der Waals surface area contributed by atoms with E-state index in [4.69, 9.17) is 43.0 Å². The van der Waals surface area contributed by atoms with E-state index >= 15 is 0 Å². The third-order valence-corrected chi connectivity index (χ3v) is 6.70. The molecule has 2 atom stereocenters. The molecule has 2 aliphatic rings. The molecule has 2 fully saturated rings. The van der Waals surface area contributed by atoms with E-state index in [1.165, 1.54) is 38.5 Å². The van der Waals surface area contributed by atoms with E-state index in [1.54, 1.807) is 7.11 Å². The Kier molecular flexibility index (Phi) is 15.2. The highest BCUT2D eigenvalue weighted by Crippen LogP contribution is 2.27. The number of nitrogens with one attached hydrogen (secondary N) is 2. The van der Waals surface area contributed by atoms with E-state index in [-0.39, 0.29) is 34.7 Å². The number of nitrogens with two attached hydrogens (primary N) is 3. The summed E-state index contributed by atoms with van der Waals surface area (Å²) < 4.78 is 15.7. The number of rotatable bonds is 11. The number of nitrogen functional groups attached to an aromatic ring is 2. The second kappa shape index (κ2) is 18.1. The average molecular weight is 557 g/mol. The van der Waals surface area contributed by atoms with Crippen molar-refractivity contribution in [2.24, 2.45) is 16.6 Å². The van der Waals surface area contributed by atoms with Gasteiger partial charge in [0, 0.05) is 26.7 Å². The summed E-state index contributed by atoms with van der Waals surface area (Å²) in [5.41, 5.74) is 16.7. The van der Waals surface area contributed by atoms with E-state index in [1.807, 2.05) is 6.92 Å². The van der Waals surface area contributed by atoms with Gasteiger partial charge in [0.05, 0.1) is 19.3 Å². The summed E-state index contributed by atoms with van der Waals surface area (Å²) in [4.78, 5) is 23.8. The van der Waals surface area contributed by atoms with Crippen molar-refractivity contribution in [1.29, 1.82) is 0 Å². The first kappa shape index (κ1) is 32.0. The summed E-state index contributed by atoms with van der Waals surface area (Å²) in [6.07, 6.45) is 11.4. The van der Waals surface area contributed by atoms with Crippen LogP contribution in [-0.4, -0.2) is 74.2 Å². The van der Waals surface area contributed by atoms with E-state index in [9.17, 15) is 4.79 Å². The lowest BCUT2D eigenvalue weighted by Gasteiger charge is -2.28. The van der Waals surface area contributed by atoms with Crippen molar-refractivity contribution in [3.63, 3.8) is 0 Å². The quantitative estimate of drug-likeness (QED) is 0.154. The number of hydrogen-bond acceptors (Lipinski definition) is 10. The lowest BCUT2D eigenvalue weighted by Crippen LogP contribution is -2.38. The Hall–Kier alpha value is -2.25. The molecule has 0 bridgehead atoms. The van der Waals surface area contributed by atoms with Gasteiger partial charge in [-0.25, -0.2) is 9.97 Å². The van der Waals surface area contributed by atoms with Gasteiger partial charge >= 0.3 is 0 Å². The average Bonchev–Trinajstić information content (AvgIpc) is 2.89. The summed E-state index contributed by atoms with van der Waals surface area (Å²) in [5, 5.41) is 5.62. The standard InChI is InChI=1S/C16H26ClN7O.C9H19NO3/c17-12-14(19)23-13(18)11(22-12)15(25)24-16(20)21-9-5-4-8-10-6-2-1-3-7-10;1-8-12-5-3-9(13-8)7-10-4-6-11-2/h10H,1-9H2,(H4,18,19,23)(H3,20,21,24,25);8-10H,3-7H2,1-2H3. The fourth-order valence-electron chi connectivity index (χ4n) is 4.38. The van der Waals surface area contributed by atoms with Crippen LogP contribution < -0.4 is 27.8 Å². The molecule has 13 heteroatoms. The smallest absolute Gasteiger partial charge is 0.280 e. The van der Waals surface area contributed by atoms with Crippen LogP contribution in [0.2, 0.25) is 5.15 Å². The molecule has 1 aliphatic carbocycles. The van der Waals surface area contributed by atoms with Crippen LogP contribution in [0.3, 0.4) is 0 Å². The number of aliphatic imine (C=N–C) groups is 1. The molecule has 1 saturated carbocycles. The highest BCUT2D eigenvalue weighted by atomic mass is 35.5. The van der Waals surface area contributed by atoms with Gasteiger partial charge in [-0.05, 0) is 25.7 Å². The van der Waals surface area contributed by atoms with Gasteiger partial charge in [-0.1, -0.05) is 56.5 Å². The van der Waals surface area contributed by atoms with Crippen LogP contribution >= 0.6 is 11.6 Å². The van der Waals surface area contributed by atoms with Crippen molar-refractivity contribution in [3.05, 3.63) is 10.8 Å². The molecule has 38 heavy (non-hydrogen) atoms. The Labute approximate surface area is 230 Å². The van der Waals surface area contributed by atoms with Gasteiger partial charge in [0.1, 0.15) is 0 Å². The number of nitrogens with zero attached hydrogens (tertiary/aromatic N) is 3. The second-order valence-electron chi connectivity index (χ2n) is 9.54. The zero-order chi connectivity index (χ0) is 27.8. The predicted octanol–water partition coefficient (Wildman–Crippen LogP) is 2.46. The molecule has 2 unspecified atom stereocenters. The number of hydrogen-bond donors (Lipinski definition) is 5. The number of amides is 1. The Morgan fingerprint density at radius 2 is 1.92 bits per heavy atom. The molecule has 216 valence electrons. The Bertz CT molecular complexity index is 870. The summed E-state index contributed by atoms with van der Waals surface area (Å²) >= 11 is 5.75. The van der Waals surface area contributed by atoms with Crippen molar-refractivity contribution >= 4 is 35.1 Å². The summed E-state index contributed by atoms with van der Waals surface area (Å²) in [6, 6.07) is 0. The van der Waals surface area contributed by atoms with Crippen LogP contribution in [0.25, 0.3) is 0 Å². The van der Waals surface area contributed by atoms with Gasteiger partial charge in [-0.2, -0.15) is 0 Å². The lowest BCUT2D eigenvalue weighted by atomic mass is 9.86. The molecule has 8 N–H and O–H groups in total. The minimum atomic E-state index is -0.615. The van der Waals surface area contributed by atoms with Crippen LogP contribution in [-0.2, 0) is 14.2 Å². The lowest BCUT2D eigenvalue weighted by molar-refractivity contribution is -0.200. The molecule has 3 rings (SSSR count). The highest BCUT2D eigenvalue weighted by molar-refractivity contribution is 6.31. The second-order valence-corrected chi connectivity index (χ2v) is 9.89. The number of carbonyl (C=O) groups excluding carboxylic acids is 1. The minimum Gasteiger partial charge on any atom is -0.383 e. The monoisotopic (exact) mass is 556 g/mol. The van der Waals surface area contributed by atoms with Crippen LogP contribution in [0.4, 0.5) is 11.6 Å². The first-order valence-corrected chi connectivity index (χ1v) is 13.8. The molecular weight excluding hydrogens is 512 g/mol. The Morgan fingerprint density at radius 3 is 2.63 bits per heavy atom. The van der Waals surface area contributed by atoms with Crippen LogP contribution in [0.5, 0.6) is 0 Å². The topological polar surface area (TPSA) is 185 Å². The van der Waals surface area contributed by atoms with E-state index < -0.39 is 5.91 Å². The number of halogens is 1. The zero-order valence-corrected chi connectivity index (χ0v) is 23.5. The van der Waals surface area contributed by atoms with Gasteiger partial charge in [0.2, 0.25) is 0 Å². The van der Waals surface area contributed by atoms with Crippen molar-refractivity contribution < 1.29 is 19.0 Å². The summed E-state index contributed by atoms with van der Waals surface area (Å²) in [6.45, 7) is 5.82. The molecule has 0 radical (unpaired) electrons. The molecule has 1 amide bonds. The fourth-order valence-corrected chi connectivity index (χ4v) is 4.50. The Balaban J connectivity index is 0.000000328. The van der Waals surface area contributed by atoms with Gasteiger partial charge in [0.15, 0.2) is 34.7 Å². The number of aromatic nitrogens is 2. The van der Waals surface area contributed by atoms with Crippen molar-refractivity contribution in [1.82, 2.24) is 20.6 Å². The molecule has 1 aromatic rings. The maximum Gasteiger partial charge on any atom is 0.280 e. The SMILES string of the molecule is COCCNCC1CCOC(C)O1.NC(=NCCCCC1CCCCC1)NC(=O)c1nc(Cl)c(N)nc1N. The summed E-state index contributed by atoms with van der Waals surface area (Å²) in [5.74, 6) is 0.133. The third kappa shape index (κ3) is 12.5. The molecule has 0 spiro atoms. The normalized spacial score (nSPS) is 20.4. The van der Waals surface area contributed by atoms with Gasteiger partial charge < -0.3 is 36.7 Å². The van der Waals surface area contributed by atoms with Gasteiger partial charge in [0.25, 0.3) is 5.91 Å². The highest BCUT2D eigenvalue weighted by Gasteiger charge is 2.19. The number of guanidine groups is 1. The Morgan fingerprint density at radius 1 is 1.16 bits per heavy atom. The predicted molar refractivity (Wildman–Crippen MR) is 150 cm³/mol. The van der Waals surface area contributed by atoms with Crippen molar-refractivity contribution in [2.75, 3.05) is 51.4 Å². The largest absolute Gasteiger partial charge is 0.383 e. The molecule has 1 aromatic heterocycles. The van der Waals surface area contributed by atoms with E-state index in [0.717, 1.165) is 51.5 Å². The van der Waals surface area contributed by atoms with Crippen LogP contribution in [0, 0.1) is 5.92 Å². The van der Waals surface area contributed by atoms with Gasteiger partial charge in [-0.15, -0.1) is 0 Å². The molecule has 2 heterocycles. The first-order chi connectivity index (χ1) is 18.3. The fraction of sp³-hybridized carbons (Fsp3) is 0.760. The number of unbranched alkanes of at least 4 members (excludes halogenated alkanes) is 1. The minimum absolute atomic E-state index is 0.0248. The maximum absolute atomic E-state index is 12.1.